The highest BCUT2D eigenvalue weighted by atomic mass is 16.6. The molecule has 0 spiro atoms. The van der Waals surface area contributed by atoms with Gasteiger partial charge in [0.2, 0.25) is 0 Å². The lowest BCUT2D eigenvalue weighted by Gasteiger charge is -2.28. The number of anilines is 2. The van der Waals surface area contributed by atoms with E-state index in [1.54, 1.807) is 0 Å². The molecule has 0 saturated carbocycles. The number of fused-ring (bicyclic) bond motifs is 1. The first-order valence-electron chi connectivity index (χ1n) is 8.30. The van der Waals surface area contributed by atoms with Crippen LogP contribution in [0.5, 0.6) is 11.5 Å². The summed E-state index contributed by atoms with van der Waals surface area (Å²) in [6.45, 7) is 5.32. The fraction of sp³-hybridized carbons (Fsp3) is 0.389. The smallest absolute Gasteiger partial charge is 0.161 e. The van der Waals surface area contributed by atoms with E-state index in [0.717, 1.165) is 54.9 Å². The van der Waals surface area contributed by atoms with Crippen molar-refractivity contribution in [1.82, 2.24) is 4.98 Å². The SMILES string of the molecule is c1cc2c(cc1CNc1ccc(N3CCOCC3)cn1)OCCO2. The molecule has 1 saturated heterocycles. The largest absolute Gasteiger partial charge is 0.486 e. The first-order chi connectivity index (χ1) is 11.9. The van der Waals surface area contributed by atoms with E-state index >= 15 is 0 Å². The molecule has 0 radical (unpaired) electrons. The maximum absolute atomic E-state index is 5.61. The molecule has 3 heterocycles. The van der Waals surface area contributed by atoms with Gasteiger partial charge in [0.25, 0.3) is 0 Å². The van der Waals surface area contributed by atoms with Crippen molar-refractivity contribution in [2.24, 2.45) is 0 Å². The third-order valence-corrected chi connectivity index (χ3v) is 4.20. The van der Waals surface area contributed by atoms with Crippen LogP contribution < -0.4 is 19.7 Å². The Balaban J connectivity index is 1.37. The van der Waals surface area contributed by atoms with Gasteiger partial charge in [-0.25, -0.2) is 4.98 Å². The van der Waals surface area contributed by atoms with Crippen molar-refractivity contribution in [2.75, 3.05) is 49.7 Å². The highest BCUT2D eigenvalue weighted by Gasteiger charge is 2.12. The minimum atomic E-state index is 0.606. The van der Waals surface area contributed by atoms with Gasteiger partial charge in [0.05, 0.1) is 25.1 Å². The first kappa shape index (κ1) is 15.1. The summed E-state index contributed by atoms with van der Waals surface area (Å²) < 4.78 is 16.5. The zero-order chi connectivity index (χ0) is 16.2. The van der Waals surface area contributed by atoms with Gasteiger partial charge < -0.3 is 24.4 Å². The molecule has 1 N–H and O–H groups in total. The standard InChI is InChI=1S/C18H21N3O3/c1-3-16-17(24-10-9-23-16)11-14(1)12-19-18-4-2-15(13-20-18)21-5-7-22-8-6-21/h1-4,11,13H,5-10,12H2,(H,19,20). The summed E-state index contributed by atoms with van der Waals surface area (Å²) in [7, 11) is 0. The molecule has 0 amide bonds. The van der Waals surface area contributed by atoms with Crippen LogP contribution in [0.3, 0.4) is 0 Å². The molecule has 4 rings (SSSR count). The predicted octanol–water partition coefficient (Wildman–Crippen LogP) is 2.30. The van der Waals surface area contributed by atoms with Crippen LogP contribution in [0, 0.1) is 0 Å². The number of nitrogens with zero attached hydrogens (tertiary/aromatic N) is 2. The third kappa shape index (κ3) is 3.38. The fourth-order valence-corrected chi connectivity index (χ4v) is 2.89. The monoisotopic (exact) mass is 327 g/mol. The molecule has 2 aromatic rings. The van der Waals surface area contributed by atoms with Crippen LogP contribution in [0.25, 0.3) is 0 Å². The molecule has 1 fully saturated rings. The van der Waals surface area contributed by atoms with Gasteiger partial charge in [-0.2, -0.15) is 0 Å². The van der Waals surface area contributed by atoms with E-state index in [9.17, 15) is 0 Å². The van der Waals surface area contributed by atoms with E-state index in [0.29, 0.717) is 19.8 Å². The minimum absolute atomic E-state index is 0.606. The second-order valence-electron chi connectivity index (χ2n) is 5.83. The molecular weight excluding hydrogens is 306 g/mol. The Hall–Kier alpha value is -2.47. The molecule has 2 aliphatic heterocycles. The van der Waals surface area contributed by atoms with Crippen molar-refractivity contribution >= 4 is 11.5 Å². The molecule has 1 aromatic heterocycles. The number of hydrogen-bond acceptors (Lipinski definition) is 6. The Morgan fingerprint density at radius 2 is 1.79 bits per heavy atom. The molecule has 0 bridgehead atoms. The highest BCUT2D eigenvalue weighted by molar-refractivity contribution is 5.50. The van der Waals surface area contributed by atoms with Crippen molar-refractivity contribution in [3.05, 3.63) is 42.1 Å². The van der Waals surface area contributed by atoms with E-state index < -0.39 is 0 Å². The average molecular weight is 327 g/mol. The van der Waals surface area contributed by atoms with Gasteiger partial charge in [0.1, 0.15) is 19.0 Å². The summed E-state index contributed by atoms with van der Waals surface area (Å²) in [6.07, 6.45) is 1.91. The molecule has 1 aromatic carbocycles. The predicted molar refractivity (Wildman–Crippen MR) is 92.0 cm³/mol. The average Bonchev–Trinajstić information content (AvgIpc) is 2.67. The molecular formula is C18H21N3O3. The van der Waals surface area contributed by atoms with Gasteiger partial charge in [0.15, 0.2) is 11.5 Å². The van der Waals surface area contributed by atoms with Crippen LogP contribution in [0.2, 0.25) is 0 Å². The van der Waals surface area contributed by atoms with Crippen molar-refractivity contribution in [3.63, 3.8) is 0 Å². The number of pyridine rings is 1. The van der Waals surface area contributed by atoms with Crippen LogP contribution in [-0.2, 0) is 11.3 Å². The highest BCUT2D eigenvalue weighted by Crippen LogP contribution is 2.30. The van der Waals surface area contributed by atoms with E-state index in [4.69, 9.17) is 14.2 Å². The summed E-state index contributed by atoms with van der Waals surface area (Å²) >= 11 is 0. The van der Waals surface area contributed by atoms with Crippen LogP contribution in [0.1, 0.15) is 5.56 Å². The van der Waals surface area contributed by atoms with Gasteiger partial charge in [-0.3, -0.25) is 0 Å². The van der Waals surface area contributed by atoms with Gasteiger partial charge >= 0.3 is 0 Å². The van der Waals surface area contributed by atoms with E-state index in [2.05, 4.69) is 21.3 Å². The molecule has 24 heavy (non-hydrogen) atoms. The normalized spacial score (nSPS) is 16.8. The zero-order valence-corrected chi connectivity index (χ0v) is 13.5. The Kier molecular flexibility index (Phi) is 4.38. The third-order valence-electron chi connectivity index (χ3n) is 4.20. The van der Waals surface area contributed by atoms with E-state index in [-0.39, 0.29) is 0 Å². The quantitative estimate of drug-likeness (QED) is 0.930. The van der Waals surface area contributed by atoms with Crippen LogP contribution in [0.15, 0.2) is 36.5 Å². The molecule has 6 nitrogen and oxygen atoms in total. The lowest BCUT2D eigenvalue weighted by molar-refractivity contribution is 0.122. The first-order valence-corrected chi connectivity index (χ1v) is 8.30. The number of benzene rings is 1. The number of ether oxygens (including phenoxy) is 3. The Bertz CT molecular complexity index is 684. The molecule has 0 aliphatic carbocycles. The number of hydrogen-bond donors (Lipinski definition) is 1. The van der Waals surface area contributed by atoms with Crippen molar-refractivity contribution in [1.29, 1.82) is 0 Å². The van der Waals surface area contributed by atoms with Gasteiger partial charge in [-0.05, 0) is 29.8 Å². The number of aromatic nitrogens is 1. The van der Waals surface area contributed by atoms with Crippen molar-refractivity contribution in [3.8, 4) is 11.5 Å². The lowest BCUT2D eigenvalue weighted by atomic mass is 10.2. The Morgan fingerprint density at radius 3 is 2.58 bits per heavy atom. The maximum Gasteiger partial charge on any atom is 0.161 e. The topological polar surface area (TPSA) is 55.9 Å². The summed E-state index contributed by atoms with van der Waals surface area (Å²) in [6, 6.07) is 10.1. The summed E-state index contributed by atoms with van der Waals surface area (Å²) in [5, 5.41) is 3.35. The fourth-order valence-electron chi connectivity index (χ4n) is 2.89. The minimum Gasteiger partial charge on any atom is -0.486 e. The van der Waals surface area contributed by atoms with E-state index in [1.165, 1.54) is 0 Å². The maximum atomic E-state index is 5.61. The van der Waals surface area contributed by atoms with Crippen molar-refractivity contribution in [2.45, 2.75) is 6.54 Å². The Morgan fingerprint density at radius 1 is 0.958 bits per heavy atom. The lowest BCUT2D eigenvalue weighted by Crippen LogP contribution is -2.36. The van der Waals surface area contributed by atoms with E-state index in [1.807, 2.05) is 30.5 Å². The summed E-state index contributed by atoms with van der Waals surface area (Å²) in [4.78, 5) is 6.80. The van der Waals surface area contributed by atoms with Crippen LogP contribution >= 0.6 is 0 Å². The molecule has 2 aliphatic rings. The van der Waals surface area contributed by atoms with Gasteiger partial charge in [-0.1, -0.05) is 6.07 Å². The van der Waals surface area contributed by atoms with Crippen molar-refractivity contribution < 1.29 is 14.2 Å². The molecule has 6 heteroatoms. The summed E-state index contributed by atoms with van der Waals surface area (Å²) in [5.74, 6) is 2.50. The summed E-state index contributed by atoms with van der Waals surface area (Å²) in [5.41, 5.74) is 2.28. The molecule has 126 valence electrons. The van der Waals surface area contributed by atoms with Crippen LogP contribution in [-0.4, -0.2) is 44.5 Å². The molecule has 0 atom stereocenters. The number of nitrogens with one attached hydrogen (secondary N) is 1. The second-order valence-corrected chi connectivity index (χ2v) is 5.83. The Labute approximate surface area is 141 Å². The number of rotatable bonds is 4. The second kappa shape index (κ2) is 6.97. The van der Waals surface area contributed by atoms with Gasteiger partial charge in [0, 0.05) is 19.6 Å². The number of morpholine rings is 1. The molecule has 0 unspecified atom stereocenters. The van der Waals surface area contributed by atoms with Gasteiger partial charge in [-0.15, -0.1) is 0 Å². The van der Waals surface area contributed by atoms with Crippen LogP contribution in [0.4, 0.5) is 11.5 Å². The zero-order valence-electron chi connectivity index (χ0n) is 13.5.